The second-order valence-electron chi connectivity index (χ2n) is 5.80. The van der Waals surface area contributed by atoms with Gasteiger partial charge in [-0.25, -0.2) is 0 Å². The standard InChI is InChI=1S/C16H20Cl2N2O2/c1-20(2)15(22)8-4-7-14(21)19-13-9-11(13)10-5-3-6-12(17)16(10)18/h3,5-6,11,13H,4,7-9H2,1-2H3,(H,19,21)/t11-,13+/m1/s1. The molecule has 2 atom stereocenters. The Bertz CT molecular complexity index is 575. The van der Waals surface area contributed by atoms with Crippen molar-refractivity contribution in [2.45, 2.75) is 37.6 Å². The topological polar surface area (TPSA) is 49.4 Å². The molecule has 1 saturated carbocycles. The third-order valence-electron chi connectivity index (χ3n) is 3.81. The van der Waals surface area contributed by atoms with Gasteiger partial charge in [0.05, 0.1) is 10.0 Å². The second-order valence-corrected chi connectivity index (χ2v) is 6.59. The van der Waals surface area contributed by atoms with Gasteiger partial charge in [-0.15, -0.1) is 0 Å². The highest BCUT2D eigenvalue weighted by Crippen LogP contribution is 2.45. The number of amides is 2. The van der Waals surface area contributed by atoms with Crippen molar-refractivity contribution in [1.82, 2.24) is 10.2 Å². The number of hydrogen-bond donors (Lipinski definition) is 1. The van der Waals surface area contributed by atoms with Gasteiger partial charge in [0.15, 0.2) is 0 Å². The maximum atomic E-state index is 11.9. The fraction of sp³-hybridized carbons (Fsp3) is 0.500. The van der Waals surface area contributed by atoms with E-state index in [1.165, 1.54) is 4.90 Å². The van der Waals surface area contributed by atoms with Crippen LogP contribution in [0.1, 0.15) is 37.2 Å². The molecule has 0 aromatic heterocycles. The third kappa shape index (κ3) is 4.37. The fourth-order valence-corrected chi connectivity index (χ4v) is 2.86. The Hall–Kier alpha value is -1.26. The Morgan fingerprint density at radius 1 is 1.27 bits per heavy atom. The number of halogens is 2. The van der Waals surface area contributed by atoms with Crippen molar-refractivity contribution in [3.8, 4) is 0 Å². The summed E-state index contributed by atoms with van der Waals surface area (Å²) in [6.45, 7) is 0. The highest BCUT2D eigenvalue weighted by atomic mass is 35.5. The Kier molecular flexibility index (Phi) is 5.70. The van der Waals surface area contributed by atoms with E-state index in [4.69, 9.17) is 23.2 Å². The van der Waals surface area contributed by atoms with Crippen LogP contribution in [0.4, 0.5) is 0 Å². The smallest absolute Gasteiger partial charge is 0.222 e. The van der Waals surface area contributed by atoms with E-state index in [1.807, 2.05) is 12.1 Å². The molecule has 120 valence electrons. The number of carbonyl (C=O) groups excluding carboxylic acids is 2. The van der Waals surface area contributed by atoms with Crippen LogP contribution >= 0.6 is 23.2 Å². The fourth-order valence-electron chi connectivity index (χ4n) is 2.41. The summed E-state index contributed by atoms with van der Waals surface area (Å²) in [7, 11) is 3.43. The van der Waals surface area contributed by atoms with E-state index in [1.54, 1.807) is 20.2 Å². The first-order valence-electron chi connectivity index (χ1n) is 7.33. The molecule has 1 fully saturated rings. The molecular weight excluding hydrogens is 323 g/mol. The number of benzene rings is 1. The normalized spacial score (nSPS) is 19.6. The van der Waals surface area contributed by atoms with Crippen LogP contribution in [-0.4, -0.2) is 36.9 Å². The largest absolute Gasteiger partial charge is 0.353 e. The summed E-state index contributed by atoms with van der Waals surface area (Å²) < 4.78 is 0. The Morgan fingerprint density at radius 2 is 2.00 bits per heavy atom. The summed E-state index contributed by atoms with van der Waals surface area (Å²) in [5.74, 6) is 0.263. The van der Waals surface area contributed by atoms with Crippen LogP contribution < -0.4 is 5.32 Å². The van der Waals surface area contributed by atoms with Crippen molar-refractivity contribution in [2.24, 2.45) is 0 Å². The van der Waals surface area contributed by atoms with E-state index < -0.39 is 0 Å². The van der Waals surface area contributed by atoms with E-state index in [2.05, 4.69) is 5.32 Å². The van der Waals surface area contributed by atoms with Gasteiger partial charge >= 0.3 is 0 Å². The highest BCUT2D eigenvalue weighted by Gasteiger charge is 2.40. The molecule has 0 heterocycles. The molecule has 1 aromatic carbocycles. The minimum Gasteiger partial charge on any atom is -0.353 e. The van der Waals surface area contributed by atoms with Gasteiger partial charge in [0.1, 0.15) is 0 Å². The second kappa shape index (κ2) is 7.34. The Balaban J connectivity index is 1.76. The van der Waals surface area contributed by atoms with Gasteiger partial charge in [-0.05, 0) is 24.5 Å². The van der Waals surface area contributed by atoms with E-state index in [0.717, 1.165) is 12.0 Å². The molecule has 4 nitrogen and oxygen atoms in total. The quantitative estimate of drug-likeness (QED) is 0.862. The molecule has 6 heteroatoms. The van der Waals surface area contributed by atoms with Gasteiger partial charge in [0, 0.05) is 38.9 Å². The number of carbonyl (C=O) groups is 2. The lowest BCUT2D eigenvalue weighted by Gasteiger charge is -2.10. The lowest BCUT2D eigenvalue weighted by atomic mass is 10.1. The highest BCUT2D eigenvalue weighted by molar-refractivity contribution is 6.42. The minimum atomic E-state index is -0.0165. The minimum absolute atomic E-state index is 0.0165. The lowest BCUT2D eigenvalue weighted by Crippen LogP contribution is -2.27. The molecular formula is C16H20Cl2N2O2. The predicted octanol–water partition coefficient (Wildman–Crippen LogP) is 3.22. The molecule has 0 unspecified atom stereocenters. The summed E-state index contributed by atoms with van der Waals surface area (Å²) in [5.41, 5.74) is 0.988. The summed E-state index contributed by atoms with van der Waals surface area (Å²) in [5, 5.41) is 4.10. The van der Waals surface area contributed by atoms with E-state index in [9.17, 15) is 9.59 Å². The van der Waals surface area contributed by atoms with Crippen molar-refractivity contribution in [3.63, 3.8) is 0 Å². The first-order valence-corrected chi connectivity index (χ1v) is 8.09. The molecule has 1 aromatic rings. The van der Waals surface area contributed by atoms with Crippen LogP contribution in [0.25, 0.3) is 0 Å². The van der Waals surface area contributed by atoms with Gasteiger partial charge in [0.2, 0.25) is 11.8 Å². The van der Waals surface area contributed by atoms with E-state index in [-0.39, 0.29) is 23.8 Å². The molecule has 1 aliphatic rings. The Labute approximate surface area is 140 Å². The molecule has 2 amide bonds. The number of nitrogens with one attached hydrogen (secondary N) is 1. The molecule has 0 radical (unpaired) electrons. The van der Waals surface area contributed by atoms with Crippen LogP contribution in [0.5, 0.6) is 0 Å². The average molecular weight is 343 g/mol. The first kappa shape index (κ1) is 17.1. The molecule has 22 heavy (non-hydrogen) atoms. The lowest BCUT2D eigenvalue weighted by molar-refractivity contribution is -0.129. The van der Waals surface area contributed by atoms with Crippen LogP contribution in [0.2, 0.25) is 10.0 Å². The molecule has 0 saturated heterocycles. The molecule has 0 aliphatic heterocycles. The SMILES string of the molecule is CN(C)C(=O)CCCC(=O)N[C@H]1C[C@@H]1c1cccc(Cl)c1Cl. The number of nitrogens with zero attached hydrogens (tertiary/aromatic N) is 1. The van der Waals surface area contributed by atoms with Crippen molar-refractivity contribution in [2.75, 3.05) is 14.1 Å². The van der Waals surface area contributed by atoms with Crippen molar-refractivity contribution >= 4 is 35.0 Å². The Morgan fingerprint density at radius 3 is 2.68 bits per heavy atom. The van der Waals surface area contributed by atoms with Crippen molar-refractivity contribution in [3.05, 3.63) is 33.8 Å². The van der Waals surface area contributed by atoms with Crippen molar-refractivity contribution < 1.29 is 9.59 Å². The van der Waals surface area contributed by atoms with Crippen LogP contribution in [0.15, 0.2) is 18.2 Å². The third-order valence-corrected chi connectivity index (χ3v) is 4.64. The van der Waals surface area contributed by atoms with Gasteiger partial charge < -0.3 is 10.2 Å². The maximum absolute atomic E-state index is 11.9. The number of rotatable bonds is 6. The molecule has 2 rings (SSSR count). The van der Waals surface area contributed by atoms with Crippen molar-refractivity contribution in [1.29, 1.82) is 0 Å². The summed E-state index contributed by atoms with van der Waals surface area (Å²) in [6, 6.07) is 5.69. The zero-order valence-electron chi connectivity index (χ0n) is 12.7. The van der Waals surface area contributed by atoms with Crippen LogP contribution in [0.3, 0.4) is 0 Å². The van der Waals surface area contributed by atoms with Crippen LogP contribution in [-0.2, 0) is 9.59 Å². The van der Waals surface area contributed by atoms with Gasteiger partial charge in [-0.1, -0.05) is 35.3 Å². The van der Waals surface area contributed by atoms with Gasteiger partial charge in [-0.2, -0.15) is 0 Å². The van der Waals surface area contributed by atoms with Crippen LogP contribution in [0, 0.1) is 0 Å². The summed E-state index contributed by atoms with van der Waals surface area (Å²) in [6.07, 6.45) is 2.21. The molecule has 1 aliphatic carbocycles. The van der Waals surface area contributed by atoms with Gasteiger partial charge in [0.25, 0.3) is 0 Å². The molecule has 0 spiro atoms. The van der Waals surface area contributed by atoms with E-state index in [0.29, 0.717) is 29.3 Å². The summed E-state index contributed by atoms with van der Waals surface area (Å²) in [4.78, 5) is 24.8. The first-order chi connectivity index (χ1) is 10.4. The maximum Gasteiger partial charge on any atom is 0.222 e. The zero-order chi connectivity index (χ0) is 16.3. The monoisotopic (exact) mass is 342 g/mol. The number of hydrogen-bond acceptors (Lipinski definition) is 2. The van der Waals surface area contributed by atoms with E-state index >= 15 is 0 Å². The molecule has 0 bridgehead atoms. The zero-order valence-corrected chi connectivity index (χ0v) is 14.2. The summed E-state index contributed by atoms with van der Waals surface area (Å²) >= 11 is 12.2. The van der Waals surface area contributed by atoms with Gasteiger partial charge in [-0.3, -0.25) is 9.59 Å². The molecule has 1 N–H and O–H groups in total. The predicted molar refractivity (Wildman–Crippen MR) is 88.3 cm³/mol. The average Bonchev–Trinajstić information content (AvgIpc) is 3.20.